The van der Waals surface area contributed by atoms with E-state index < -0.39 is 11.0 Å². The van der Waals surface area contributed by atoms with Gasteiger partial charge in [-0.15, -0.1) is 0 Å². The Bertz CT molecular complexity index is 730. The van der Waals surface area contributed by atoms with Crippen molar-refractivity contribution in [1.82, 2.24) is 10.2 Å². The Hall–Kier alpha value is -1.95. The molecule has 6 nitrogen and oxygen atoms in total. The number of likely N-dealkylation sites (tertiary alicyclic amines) is 1. The van der Waals surface area contributed by atoms with Crippen LogP contribution in [0.25, 0.3) is 0 Å². The number of nitrogens with one attached hydrogen (secondary N) is 1. The first-order chi connectivity index (χ1) is 13.4. The highest BCUT2D eigenvalue weighted by molar-refractivity contribution is 6.32. The summed E-state index contributed by atoms with van der Waals surface area (Å²) < 4.78 is 11.2. The maximum atomic E-state index is 12.9. The summed E-state index contributed by atoms with van der Waals surface area (Å²) in [7, 11) is 0. The Balaban J connectivity index is 1.88. The van der Waals surface area contributed by atoms with Gasteiger partial charge in [0.1, 0.15) is 18.0 Å². The lowest BCUT2D eigenvalue weighted by Crippen LogP contribution is -2.54. The predicted octanol–water partition coefficient (Wildman–Crippen LogP) is 4.51. The maximum absolute atomic E-state index is 12.9. The molecular formula is C22H33ClN2O4. The van der Waals surface area contributed by atoms with Crippen LogP contribution in [0, 0.1) is 11.3 Å². The molecule has 1 unspecified atom stereocenters. The molecule has 0 aromatic heterocycles. The molecule has 29 heavy (non-hydrogen) atoms. The highest BCUT2D eigenvalue weighted by atomic mass is 35.5. The molecule has 1 aromatic carbocycles. The normalized spacial score (nSPS) is 20.2. The van der Waals surface area contributed by atoms with Gasteiger partial charge >= 0.3 is 6.09 Å². The smallest absolute Gasteiger partial charge is 0.410 e. The summed E-state index contributed by atoms with van der Waals surface area (Å²) in [6, 6.07) is 7.21. The lowest BCUT2D eigenvalue weighted by Gasteiger charge is -2.39. The van der Waals surface area contributed by atoms with Crippen molar-refractivity contribution in [2.24, 2.45) is 11.3 Å². The second-order valence-electron chi connectivity index (χ2n) is 9.38. The molecule has 1 fully saturated rings. The van der Waals surface area contributed by atoms with E-state index in [0.717, 1.165) is 0 Å². The SMILES string of the molecule is C[C@H]1CN(C(=O)OC(C)(C)C)CCC1NC(=O)C(C)(C)COc1ccccc1Cl. The van der Waals surface area contributed by atoms with Crippen molar-refractivity contribution in [1.29, 1.82) is 0 Å². The number of benzene rings is 1. The first kappa shape index (κ1) is 23.3. The Morgan fingerprint density at radius 2 is 1.86 bits per heavy atom. The van der Waals surface area contributed by atoms with E-state index in [4.69, 9.17) is 21.1 Å². The number of amides is 2. The summed E-state index contributed by atoms with van der Waals surface area (Å²) in [6.07, 6.45) is 0.385. The molecule has 2 amide bonds. The van der Waals surface area contributed by atoms with Crippen LogP contribution in [0.4, 0.5) is 4.79 Å². The van der Waals surface area contributed by atoms with Gasteiger partial charge in [0, 0.05) is 19.1 Å². The quantitative estimate of drug-likeness (QED) is 0.755. The third-order valence-electron chi connectivity index (χ3n) is 4.91. The maximum Gasteiger partial charge on any atom is 0.410 e. The molecule has 1 aliphatic heterocycles. The number of carbonyl (C=O) groups excluding carboxylic acids is 2. The van der Waals surface area contributed by atoms with Gasteiger partial charge < -0.3 is 19.7 Å². The van der Waals surface area contributed by atoms with Crippen molar-refractivity contribution < 1.29 is 19.1 Å². The van der Waals surface area contributed by atoms with Crippen LogP contribution < -0.4 is 10.1 Å². The van der Waals surface area contributed by atoms with Crippen LogP contribution in [-0.4, -0.2) is 48.2 Å². The largest absolute Gasteiger partial charge is 0.491 e. The van der Waals surface area contributed by atoms with E-state index >= 15 is 0 Å². The zero-order valence-electron chi connectivity index (χ0n) is 18.3. The minimum absolute atomic E-state index is 0.000718. The topological polar surface area (TPSA) is 67.9 Å². The highest BCUT2D eigenvalue weighted by Crippen LogP contribution is 2.27. The summed E-state index contributed by atoms with van der Waals surface area (Å²) in [6.45, 7) is 12.6. The summed E-state index contributed by atoms with van der Waals surface area (Å²) in [5.41, 5.74) is -1.24. The van der Waals surface area contributed by atoms with Crippen LogP contribution in [0.3, 0.4) is 0 Å². The molecule has 2 atom stereocenters. The number of para-hydroxylation sites is 1. The lowest BCUT2D eigenvalue weighted by atomic mass is 9.89. The van der Waals surface area contributed by atoms with Crippen LogP contribution in [-0.2, 0) is 9.53 Å². The van der Waals surface area contributed by atoms with Crippen LogP contribution in [0.1, 0.15) is 48.0 Å². The highest BCUT2D eigenvalue weighted by Gasteiger charge is 2.35. The number of carbonyl (C=O) groups is 2. The van der Waals surface area contributed by atoms with Crippen molar-refractivity contribution >= 4 is 23.6 Å². The molecule has 1 heterocycles. The van der Waals surface area contributed by atoms with Crippen molar-refractivity contribution in [2.75, 3.05) is 19.7 Å². The van der Waals surface area contributed by atoms with Gasteiger partial charge in [-0.3, -0.25) is 4.79 Å². The molecule has 1 aliphatic rings. The second kappa shape index (κ2) is 9.24. The molecule has 0 radical (unpaired) electrons. The molecule has 2 rings (SSSR count). The summed E-state index contributed by atoms with van der Waals surface area (Å²) >= 11 is 6.12. The number of ether oxygens (including phenoxy) is 2. The third-order valence-corrected chi connectivity index (χ3v) is 5.23. The fourth-order valence-electron chi connectivity index (χ4n) is 3.10. The first-order valence-electron chi connectivity index (χ1n) is 10.1. The van der Waals surface area contributed by atoms with Crippen LogP contribution in [0.2, 0.25) is 5.02 Å². The molecule has 1 N–H and O–H groups in total. The molecule has 1 aromatic rings. The van der Waals surface area contributed by atoms with Gasteiger partial charge in [0.25, 0.3) is 0 Å². The molecular weight excluding hydrogens is 392 g/mol. The van der Waals surface area contributed by atoms with E-state index in [1.807, 2.05) is 53.7 Å². The minimum atomic E-state index is -0.721. The van der Waals surface area contributed by atoms with Gasteiger partial charge in [-0.05, 0) is 59.1 Å². The molecule has 0 saturated carbocycles. The molecule has 0 spiro atoms. The molecule has 7 heteroatoms. The second-order valence-corrected chi connectivity index (χ2v) is 9.78. The molecule has 0 bridgehead atoms. The first-order valence-corrected chi connectivity index (χ1v) is 10.4. The van der Waals surface area contributed by atoms with E-state index in [-0.39, 0.29) is 30.6 Å². The number of halogens is 1. The van der Waals surface area contributed by atoms with E-state index in [9.17, 15) is 9.59 Å². The van der Waals surface area contributed by atoms with Crippen molar-refractivity contribution in [3.8, 4) is 5.75 Å². The zero-order valence-corrected chi connectivity index (χ0v) is 19.0. The zero-order chi connectivity index (χ0) is 21.8. The Morgan fingerprint density at radius 3 is 2.45 bits per heavy atom. The van der Waals surface area contributed by atoms with E-state index in [0.29, 0.717) is 30.3 Å². The van der Waals surface area contributed by atoms with Gasteiger partial charge in [0.15, 0.2) is 0 Å². The van der Waals surface area contributed by atoms with Crippen LogP contribution >= 0.6 is 11.6 Å². The van der Waals surface area contributed by atoms with E-state index in [1.54, 1.807) is 17.0 Å². The Kier molecular flexibility index (Phi) is 7.44. The monoisotopic (exact) mass is 424 g/mol. The van der Waals surface area contributed by atoms with Crippen molar-refractivity contribution in [3.05, 3.63) is 29.3 Å². The Labute approximate surface area is 178 Å². The van der Waals surface area contributed by atoms with Gasteiger partial charge in [0.2, 0.25) is 5.91 Å². The number of nitrogens with zero attached hydrogens (tertiary/aromatic N) is 1. The number of piperidine rings is 1. The molecule has 162 valence electrons. The fraction of sp³-hybridized carbons (Fsp3) is 0.636. The van der Waals surface area contributed by atoms with Crippen molar-refractivity contribution in [2.45, 2.75) is 59.6 Å². The number of hydrogen-bond acceptors (Lipinski definition) is 4. The number of hydrogen-bond donors (Lipinski definition) is 1. The van der Waals surface area contributed by atoms with Gasteiger partial charge in [0.05, 0.1) is 10.4 Å². The standard InChI is InChI=1S/C22H33ClN2O4/c1-15-13-25(20(27)29-21(2,3)4)12-11-17(15)24-19(26)22(5,6)14-28-18-10-8-7-9-16(18)23/h7-10,15,17H,11-14H2,1-6H3,(H,24,26)/t15-,17?/m0/s1. The average molecular weight is 425 g/mol. The van der Waals surface area contributed by atoms with Gasteiger partial charge in [-0.2, -0.15) is 0 Å². The van der Waals surface area contributed by atoms with Crippen LogP contribution in [0.15, 0.2) is 24.3 Å². The Morgan fingerprint density at radius 1 is 1.21 bits per heavy atom. The molecule has 0 aliphatic carbocycles. The molecule has 1 saturated heterocycles. The summed E-state index contributed by atoms with van der Waals surface area (Å²) in [5, 5.41) is 3.66. The number of rotatable bonds is 5. The third kappa shape index (κ3) is 6.81. The predicted molar refractivity (Wildman–Crippen MR) is 114 cm³/mol. The minimum Gasteiger partial charge on any atom is -0.491 e. The average Bonchev–Trinajstić information content (AvgIpc) is 2.61. The van der Waals surface area contributed by atoms with Crippen molar-refractivity contribution in [3.63, 3.8) is 0 Å². The fourth-order valence-corrected chi connectivity index (χ4v) is 3.29. The van der Waals surface area contributed by atoms with E-state index in [2.05, 4.69) is 5.32 Å². The summed E-state index contributed by atoms with van der Waals surface area (Å²) in [5.74, 6) is 0.613. The summed E-state index contributed by atoms with van der Waals surface area (Å²) in [4.78, 5) is 26.9. The van der Waals surface area contributed by atoms with E-state index in [1.165, 1.54) is 0 Å². The van der Waals surface area contributed by atoms with Gasteiger partial charge in [-0.25, -0.2) is 4.79 Å². The lowest BCUT2D eigenvalue weighted by molar-refractivity contribution is -0.132. The van der Waals surface area contributed by atoms with Gasteiger partial charge in [-0.1, -0.05) is 30.7 Å². The van der Waals surface area contributed by atoms with Crippen LogP contribution in [0.5, 0.6) is 5.75 Å².